The lowest BCUT2D eigenvalue weighted by Crippen LogP contribution is -2.21. The van der Waals surface area contributed by atoms with Crippen molar-refractivity contribution in [1.29, 1.82) is 0 Å². The largest absolute Gasteiger partial charge is 0.443 e. The Morgan fingerprint density at radius 1 is 1.36 bits per heavy atom. The van der Waals surface area contributed by atoms with Gasteiger partial charge in [0.25, 0.3) is 0 Å². The predicted molar refractivity (Wildman–Crippen MR) is 61.8 cm³/mol. The van der Waals surface area contributed by atoms with E-state index in [1.165, 1.54) is 5.56 Å². The molecule has 4 heteroatoms. The fourth-order valence-corrected chi connectivity index (χ4v) is 3.37. The summed E-state index contributed by atoms with van der Waals surface area (Å²) in [7, 11) is 1.22. The topological polar surface area (TPSA) is 12.5 Å². The Labute approximate surface area is 90.4 Å². The second kappa shape index (κ2) is 4.03. The van der Waals surface area contributed by atoms with Gasteiger partial charge in [0.2, 0.25) is 11.8 Å². The first kappa shape index (κ1) is 10.2. The molecule has 0 amide bonds. The van der Waals surface area contributed by atoms with Crippen LogP contribution in [0.1, 0.15) is 18.6 Å². The Morgan fingerprint density at radius 3 is 2.50 bits per heavy atom. The number of benzene rings is 1. The highest BCUT2D eigenvalue weighted by Gasteiger charge is 2.44. The van der Waals surface area contributed by atoms with Gasteiger partial charge >= 0.3 is 7.07 Å². The average Bonchev–Trinajstić information content (AvgIpc) is 2.47. The van der Waals surface area contributed by atoms with Crippen LogP contribution in [0.2, 0.25) is 0 Å². The first-order chi connectivity index (χ1) is 6.70. The zero-order chi connectivity index (χ0) is 10.1. The normalized spacial score (nSPS) is 30.9. The quantitative estimate of drug-likeness (QED) is 0.683. The van der Waals surface area contributed by atoms with Crippen molar-refractivity contribution in [3.8, 4) is 0 Å². The summed E-state index contributed by atoms with van der Waals surface area (Å²) in [5.74, 6) is 0. The maximum Gasteiger partial charge on any atom is 0.443 e. The number of likely N-dealkylation sites (N-methyl/N-ethyl adjacent to an activating group) is 1. The summed E-state index contributed by atoms with van der Waals surface area (Å²) in [4.78, 5) is 0. The van der Waals surface area contributed by atoms with Crippen molar-refractivity contribution >= 4 is 18.9 Å². The molecule has 2 nitrogen and oxygen atoms in total. The van der Waals surface area contributed by atoms with E-state index in [4.69, 9.17) is 16.3 Å². The molecule has 3 atom stereocenters. The van der Waals surface area contributed by atoms with Gasteiger partial charge in [0, 0.05) is 7.05 Å². The van der Waals surface area contributed by atoms with Crippen molar-refractivity contribution in [2.24, 2.45) is 0 Å². The van der Waals surface area contributed by atoms with Crippen LogP contribution in [-0.2, 0) is 16.3 Å². The van der Waals surface area contributed by atoms with Gasteiger partial charge in [0.1, 0.15) is 0 Å². The standard InChI is InChI=1S/C10H13NOPS/c1-8-10(12-13(14)11(8)2)9-6-4-3-5-7-9/h3-8,10H,1-2H3/q+1. The highest BCUT2D eigenvalue weighted by atomic mass is 32.4. The third kappa shape index (κ3) is 1.73. The first-order valence-corrected chi connectivity index (χ1v) is 6.84. The lowest BCUT2D eigenvalue weighted by molar-refractivity contribution is 0.219. The third-order valence-corrected chi connectivity index (χ3v) is 4.93. The molecule has 0 bridgehead atoms. The molecule has 2 rings (SSSR count). The molecule has 74 valence electrons. The summed E-state index contributed by atoms with van der Waals surface area (Å²) in [5.41, 5.74) is 1.22. The lowest BCUT2D eigenvalue weighted by atomic mass is 10.0. The van der Waals surface area contributed by atoms with E-state index in [0.29, 0.717) is 6.04 Å². The molecule has 1 saturated heterocycles. The second-order valence-corrected chi connectivity index (χ2v) is 5.74. The van der Waals surface area contributed by atoms with Crippen LogP contribution in [0.4, 0.5) is 0 Å². The van der Waals surface area contributed by atoms with Crippen molar-refractivity contribution < 1.29 is 4.52 Å². The fraction of sp³-hybridized carbons (Fsp3) is 0.400. The summed E-state index contributed by atoms with van der Waals surface area (Å²) in [6, 6.07) is 10.7. The zero-order valence-electron chi connectivity index (χ0n) is 8.25. The first-order valence-electron chi connectivity index (χ1n) is 4.62. The van der Waals surface area contributed by atoms with Crippen molar-refractivity contribution in [2.45, 2.75) is 19.1 Å². The Hall–Kier alpha value is -0.340. The van der Waals surface area contributed by atoms with E-state index in [9.17, 15) is 0 Å². The van der Waals surface area contributed by atoms with E-state index in [0.717, 1.165) is 0 Å². The molecule has 3 unspecified atom stereocenters. The predicted octanol–water partition coefficient (Wildman–Crippen LogP) is 2.85. The van der Waals surface area contributed by atoms with E-state index in [-0.39, 0.29) is 6.10 Å². The summed E-state index contributed by atoms with van der Waals surface area (Å²) in [6.07, 6.45) is 0.143. The highest BCUT2D eigenvalue weighted by molar-refractivity contribution is 8.01. The third-order valence-electron chi connectivity index (χ3n) is 2.62. The zero-order valence-corrected chi connectivity index (χ0v) is 9.96. The van der Waals surface area contributed by atoms with E-state index < -0.39 is 7.07 Å². The minimum absolute atomic E-state index is 0.143. The van der Waals surface area contributed by atoms with E-state index in [1.54, 1.807) is 0 Å². The Morgan fingerprint density at radius 2 is 2.00 bits per heavy atom. The minimum atomic E-state index is -0.812. The number of nitrogens with zero attached hydrogens (tertiary/aromatic N) is 1. The molecule has 0 radical (unpaired) electrons. The van der Waals surface area contributed by atoms with E-state index >= 15 is 0 Å². The molecule has 0 spiro atoms. The monoisotopic (exact) mass is 226 g/mol. The molecule has 1 aromatic carbocycles. The van der Waals surface area contributed by atoms with Gasteiger partial charge in [-0.15, -0.1) is 4.52 Å². The maximum atomic E-state index is 5.78. The number of rotatable bonds is 1. The van der Waals surface area contributed by atoms with Crippen LogP contribution in [0.5, 0.6) is 0 Å². The van der Waals surface area contributed by atoms with Crippen molar-refractivity contribution in [3.63, 3.8) is 0 Å². The molecule has 1 heterocycles. The smallest absolute Gasteiger partial charge is 0.142 e. The van der Waals surface area contributed by atoms with Gasteiger partial charge in [-0.1, -0.05) is 35.0 Å². The van der Waals surface area contributed by atoms with Crippen LogP contribution in [0.25, 0.3) is 0 Å². The van der Waals surface area contributed by atoms with Crippen LogP contribution < -0.4 is 0 Å². The van der Waals surface area contributed by atoms with Crippen LogP contribution in [0.15, 0.2) is 30.3 Å². The molecular formula is C10H13NOPS+. The summed E-state index contributed by atoms with van der Waals surface area (Å²) >= 11 is 5.25. The summed E-state index contributed by atoms with van der Waals surface area (Å²) in [6.45, 7) is 2.16. The van der Waals surface area contributed by atoms with Gasteiger partial charge in [0.05, 0.1) is 6.04 Å². The second-order valence-electron chi connectivity index (χ2n) is 3.49. The van der Waals surface area contributed by atoms with E-state index in [1.807, 2.05) is 25.2 Å². The highest BCUT2D eigenvalue weighted by Crippen LogP contribution is 2.47. The molecule has 1 aliphatic heterocycles. The molecule has 0 saturated carbocycles. The molecule has 14 heavy (non-hydrogen) atoms. The van der Waals surface area contributed by atoms with Crippen LogP contribution in [-0.4, -0.2) is 17.8 Å². The van der Waals surface area contributed by atoms with Gasteiger partial charge in [-0.3, -0.25) is 0 Å². The van der Waals surface area contributed by atoms with Crippen LogP contribution in [0.3, 0.4) is 0 Å². The number of hydrogen-bond donors (Lipinski definition) is 0. The van der Waals surface area contributed by atoms with Gasteiger partial charge in [-0.2, -0.15) is 0 Å². The molecule has 1 fully saturated rings. The Bertz CT molecular complexity index is 343. The van der Waals surface area contributed by atoms with Gasteiger partial charge in [-0.25, -0.2) is 0 Å². The van der Waals surface area contributed by atoms with Crippen molar-refractivity contribution in [1.82, 2.24) is 4.67 Å². The fourth-order valence-electron chi connectivity index (χ4n) is 1.59. The van der Waals surface area contributed by atoms with Crippen molar-refractivity contribution in [2.75, 3.05) is 7.05 Å². The Balaban J connectivity index is 2.26. The maximum absolute atomic E-state index is 5.78. The van der Waals surface area contributed by atoms with E-state index in [2.05, 4.69) is 23.7 Å². The summed E-state index contributed by atoms with van der Waals surface area (Å²) in [5, 5.41) is 0. The molecule has 1 aromatic rings. The van der Waals surface area contributed by atoms with Gasteiger partial charge in [0.15, 0.2) is 6.10 Å². The number of hydrogen-bond acceptors (Lipinski definition) is 2. The molecule has 0 N–H and O–H groups in total. The average molecular weight is 226 g/mol. The Kier molecular flexibility index (Phi) is 2.93. The summed E-state index contributed by atoms with van der Waals surface area (Å²) < 4.78 is 7.92. The molecule has 0 aromatic heterocycles. The molecular weight excluding hydrogens is 213 g/mol. The SMILES string of the molecule is CC1C(c2ccccc2)O[P+](=S)N1C. The minimum Gasteiger partial charge on any atom is -0.142 e. The van der Waals surface area contributed by atoms with Gasteiger partial charge < -0.3 is 0 Å². The van der Waals surface area contributed by atoms with Crippen LogP contribution in [0, 0.1) is 0 Å². The molecule has 1 aliphatic rings. The molecule has 0 aliphatic carbocycles. The van der Waals surface area contributed by atoms with Crippen LogP contribution >= 0.6 is 7.07 Å². The lowest BCUT2D eigenvalue weighted by Gasteiger charge is -2.11. The van der Waals surface area contributed by atoms with Gasteiger partial charge in [-0.05, 0) is 12.5 Å². The van der Waals surface area contributed by atoms with Crippen molar-refractivity contribution in [3.05, 3.63) is 35.9 Å².